The molecule has 19 heavy (non-hydrogen) atoms. The maximum atomic E-state index is 11.6. The summed E-state index contributed by atoms with van der Waals surface area (Å²) in [5, 5.41) is 9.53. The van der Waals surface area contributed by atoms with E-state index in [1.807, 2.05) is 44.7 Å². The van der Waals surface area contributed by atoms with E-state index in [0.717, 1.165) is 22.4 Å². The second-order valence-corrected chi connectivity index (χ2v) is 4.64. The number of nitrogens with zero attached hydrogens (tertiary/aromatic N) is 1. The zero-order chi connectivity index (χ0) is 14.6. The second-order valence-electron chi connectivity index (χ2n) is 4.64. The zero-order valence-electron chi connectivity index (χ0n) is 12.4. The first kappa shape index (κ1) is 15.5. The summed E-state index contributed by atoms with van der Waals surface area (Å²) in [7, 11) is 1.63. The Hall–Kier alpha value is -1.55. The minimum Gasteiger partial charge on any atom is -0.496 e. The molecule has 1 aromatic rings. The molecule has 0 fully saturated rings. The minimum atomic E-state index is -0.809. The van der Waals surface area contributed by atoms with Crippen LogP contribution in [0.3, 0.4) is 0 Å². The molecule has 4 nitrogen and oxygen atoms in total. The van der Waals surface area contributed by atoms with E-state index in [-0.39, 0.29) is 0 Å². The highest BCUT2D eigenvalue weighted by molar-refractivity contribution is 5.76. The number of benzene rings is 1. The lowest BCUT2D eigenvalue weighted by atomic mass is 9.97. The molecule has 1 rings (SSSR count). The van der Waals surface area contributed by atoms with Gasteiger partial charge in [-0.1, -0.05) is 13.8 Å². The van der Waals surface area contributed by atoms with Crippen LogP contribution in [-0.4, -0.2) is 36.2 Å². The van der Waals surface area contributed by atoms with E-state index in [9.17, 15) is 9.90 Å². The third-order valence-corrected chi connectivity index (χ3v) is 3.49. The van der Waals surface area contributed by atoms with Crippen molar-refractivity contribution in [3.8, 4) is 5.75 Å². The third kappa shape index (κ3) is 3.26. The first-order chi connectivity index (χ1) is 8.96. The number of hydrogen-bond donors (Lipinski definition) is 1. The highest BCUT2D eigenvalue weighted by Gasteiger charge is 2.27. The molecule has 0 aliphatic heterocycles. The fraction of sp³-hybridized carbons (Fsp3) is 0.533. The van der Waals surface area contributed by atoms with Crippen LogP contribution in [0.15, 0.2) is 12.1 Å². The first-order valence-corrected chi connectivity index (χ1v) is 6.58. The molecule has 4 heteroatoms. The fourth-order valence-electron chi connectivity index (χ4n) is 2.40. The standard InChI is InChI=1S/C15H23NO3/c1-6-16(7-2)14(15(17)18)12-8-11(4)13(19-5)9-10(12)3/h8-9,14H,6-7H2,1-5H3,(H,17,18). The number of aliphatic carboxylic acids is 1. The Labute approximate surface area is 115 Å². The number of ether oxygens (including phenoxy) is 1. The van der Waals surface area contributed by atoms with Gasteiger partial charge >= 0.3 is 5.97 Å². The molecule has 0 radical (unpaired) electrons. The molecule has 0 amide bonds. The number of carboxylic acids is 1. The predicted octanol–water partition coefficient (Wildman–Crippen LogP) is 2.78. The van der Waals surface area contributed by atoms with Gasteiger partial charge in [0.25, 0.3) is 0 Å². The summed E-state index contributed by atoms with van der Waals surface area (Å²) < 4.78 is 5.27. The average molecular weight is 265 g/mol. The SMILES string of the molecule is CCN(CC)C(C(=O)O)c1cc(C)c(OC)cc1C. The Balaban J connectivity index is 3.31. The molecule has 0 spiro atoms. The normalized spacial score (nSPS) is 12.5. The van der Waals surface area contributed by atoms with Gasteiger partial charge in [0.05, 0.1) is 7.11 Å². The van der Waals surface area contributed by atoms with Crippen molar-refractivity contribution in [3.63, 3.8) is 0 Å². The maximum Gasteiger partial charge on any atom is 0.325 e. The van der Waals surface area contributed by atoms with Crippen LogP contribution in [0.25, 0.3) is 0 Å². The van der Waals surface area contributed by atoms with Crippen molar-refractivity contribution in [1.82, 2.24) is 4.90 Å². The Morgan fingerprint density at radius 3 is 2.26 bits per heavy atom. The van der Waals surface area contributed by atoms with E-state index in [4.69, 9.17) is 4.74 Å². The van der Waals surface area contributed by atoms with Crippen molar-refractivity contribution >= 4 is 5.97 Å². The van der Waals surface area contributed by atoms with Gasteiger partial charge in [0.1, 0.15) is 11.8 Å². The Kier molecular flexibility index (Phi) is 5.36. The van der Waals surface area contributed by atoms with Gasteiger partial charge in [-0.15, -0.1) is 0 Å². The highest BCUT2D eigenvalue weighted by Crippen LogP contribution is 2.29. The molecule has 0 aliphatic carbocycles. The molecule has 1 N–H and O–H groups in total. The Morgan fingerprint density at radius 2 is 1.84 bits per heavy atom. The van der Waals surface area contributed by atoms with E-state index < -0.39 is 12.0 Å². The molecule has 0 heterocycles. The highest BCUT2D eigenvalue weighted by atomic mass is 16.5. The van der Waals surface area contributed by atoms with Crippen molar-refractivity contribution in [3.05, 3.63) is 28.8 Å². The quantitative estimate of drug-likeness (QED) is 0.859. The van der Waals surface area contributed by atoms with Gasteiger partial charge in [-0.2, -0.15) is 0 Å². The molecule has 1 atom stereocenters. The van der Waals surface area contributed by atoms with Crippen molar-refractivity contribution in [2.75, 3.05) is 20.2 Å². The number of methoxy groups -OCH3 is 1. The molecule has 1 aromatic carbocycles. The van der Waals surface area contributed by atoms with Crippen LogP contribution in [0.4, 0.5) is 0 Å². The molecular weight excluding hydrogens is 242 g/mol. The van der Waals surface area contributed by atoms with E-state index in [0.29, 0.717) is 13.1 Å². The summed E-state index contributed by atoms with van der Waals surface area (Å²) in [4.78, 5) is 13.5. The average Bonchev–Trinajstić information content (AvgIpc) is 2.38. The van der Waals surface area contributed by atoms with Gasteiger partial charge in [-0.05, 0) is 55.8 Å². The largest absolute Gasteiger partial charge is 0.496 e. The number of aryl methyl sites for hydroxylation is 2. The van der Waals surface area contributed by atoms with Crippen LogP contribution in [0.1, 0.15) is 36.6 Å². The number of likely N-dealkylation sites (N-methyl/N-ethyl adjacent to an activating group) is 1. The van der Waals surface area contributed by atoms with E-state index in [1.54, 1.807) is 7.11 Å². The van der Waals surface area contributed by atoms with Crippen molar-refractivity contribution in [1.29, 1.82) is 0 Å². The number of hydrogen-bond acceptors (Lipinski definition) is 3. The third-order valence-electron chi connectivity index (χ3n) is 3.49. The molecule has 0 aliphatic rings. The lowest BCUT2D eigenvalue weighted by Gasteiger charge is -2.28. The van der Waals surface area contributed by atoms with Crippen LogP contribution in [0.2, 0.25) is 0 Å². The monoisotopic (exact) mass is 265 g/mol. The molecule has 0 aromatic heterocycles. The van der Waals surface area contributed by atoms with Crippen molar-refractivity contribution < 1.29 is 14.6 Å². The van der Waals surface area contributed by atoms with Crippen LogP contribution >= 0.6 is 0 Å². The number of carbonyl (C=O) groups is 1. The molecule has 0 saturated carbocycles. The fourth-order valence-corrected chi connectivity index (χ4v) is 2.40. The minimum absolute atomic E-state index is 0.598. The van der Waals surface area contributed by atoms with Crippen molar-refractivity contribution in [2.45, 2.75) is 33.7 Å². The predicted molar refractivity (Wildman–Crippen MR) is 75.8 cm³/mol. The van der Waals surface area contributed by atoms with Crippen LogP contribution < -0.4 is 4.74 Å². The van der Waals surface area contributed by atoms with Gasteiger partial charge in [0.2, 0.25) is 0 Å². The molecule has 0 bridgehead atoms. The smallest absolute Gasteiger partial charge is 0.325 e. The molecule has 106 valence electrons. The van der Waals surface area contributed by atoms with Crippen LogP contribution in [0.5, 0.6) is 5.75 Å². The van der Waals surface area contributed by atoms with E-state index in [1.165, 1.54) is 0 Å². The van der Waals surface area contributed by atoms with Gasteiger partial charge in [-0.25, -0.2) is 0 Å². The summed E-state index contributed by atoms with van der Waals surface area (Å²) in [6, 6.07) is 3.23. The summed E-state index contributed by atoms with van der Waals surface area (Å²) in [6.45, 7) is 9.23. The second kappa shape index (κ2) is 6.57. The number of rotatable bonds is 6. The van der Waals surface area contributed by atoms with Gasteiger partial charge in [0.15, 0.2) is 0 Å². The summed E-state index contributed by atoms with van der Waals surface area (Å²) in [5.41, 5.74) is 2.75. The van der Waals surface area contributed by atoms with E-state index in [2.05, 4.69) is 0 Å². The zero-order valence-corrected chi connectivity index (χ0v) is 12.4. The Bertz CT molecular complexity index is 453. The van der Waals surface area contributed by atoms with Gasteiger partial charge in [-0.3, -0.25) is 9.69 Å². The molecular formula is C15H23NO3. The number of carboxylic acid groups (broad SMARTS) is 1. The van der Waals surface area contributed by atoms with Crippen LogP contribution in [0, 0.1) is 13.8 Å². The molecule has 1 unspecified atom stereocenters. The topological polar surface area (TPSA) is 49.8 Å². The Morgan fingerprint density at radius 1 is 1.26 bits per heavy atom. The molecule has 0 saturated heterocycles. The maximum absolute atomic E-state index is 11.6. The van der Waals surface area contributed by atoms with Gasteiger partial charge < -0.3 is 9.84 Å². The van der Waals surface area contributed by atoms with E-state index >= 15 is 0 Å². The van der Waals surface area contributed by atoms with Crippen LogP contribution in [-0.2, 0) is 4.79 Å². The summed E-state index contributed by atoms with van der Waals surface area (Å²) in [6.07, 6.45) is 0. The first-order valence-electron chi connectivity index (χ1n) is 6.58. The van der Waals surface area contributed by atoms with Crippen molar-refractivity contribution in [2.24, 2.45) is 0 Å². The summed E-state index contributed by atoms with van der Waals surface area (Å²) in [5.74, 6) is -0.0127. The van der Waals surface area contributed by atoms with Gasteiger partial charge in [0, 0.05) is 0 Å². The lowest BCUT2D eigenvalue weighted by molar-refractivity contribution is -0.143. The summed E-state index contributed by atoms with van der Waals surface area (Å²) >= 11 is 0. The lowest BCUT2D eigenvalue weighted by Crippen LogP contribution is -2.34.